The van der Waals surface area contributed by atoms with E-state index in [1.807, 2.05) is 0 Å². The molecule has 0 amide bonds. The molecule has 1 atom stereocenters. The van der Waals surface area contributed by atoms with Crippen LogP contribution in [0.5, 0.6) is 0 Å². The Balaban J connectivity index is 2.36. The van der Waals surface area contributed by atoms with Gasteiger partial charge in [0.15, 0.2) is 0 Å². The number of nitrogens with one attached hydrogen (secondary N) is 1. The van der Waals surface area contributed by atoms with Gasteiger partial charge in [-0.2, -0.15) is 0 Å². The molecule has 7 heavy (non-hydrogen) atoms. The third kappa shape index (κ3) is 1.32. The summed E-state index contributed by atoms with van der Waals surface area (Å²) in [6.45, 7) is 4.21. The second-order valence-electron chi connectivity index (χ2n) is 1.82. The Labute approximate surface area is 44.4 Å². The summed E-state index contributed by atoms with van der Waals surface area (Å²) in [6.07, 6.45) is 5.41. The van der Waals surface area contributed by atoms with Gasteiger partial charge in [0.1, 0.15) is 0 Å². The van der Waals surface area contributed by atoms with Crippen molar-refractivity contribution in [3.63, 3.8) is 0 Å². The quantitative estimate of drug-likeness (QED) is 0.445. The summed E-state index contributed by atoms with van der Waals surface area (Å²) in [5.74, 6) is 0. The summed E-state index contributed by atoms with van der Waals surface area (Å²) in [4.78, 5) is 0. The van der Waals surface area contributed by atoms with Gasteiger partial charge >= 0.3 is 0 Å². The van der Waals surface area contributed by atoms with Crippen molar-refractivity contribution in [3.05, 3.63) is 18.7 Å². The zero-order valence-corrected chi connectivity index (χ0v) is 4.52. The minimum absolute atomic E-state index is 0.550. The highest BCUT2D eigenvalue weighted by Crippen LogP contribution is 1.97. The first-order valence-electron chi connectivity index (χ1n) is 2.64. The molecule has 0 bridgehead atoms. The Kier molecular flexibility index (Phi) is 1.47. The molecular weight excluding hydrogens is 86.1 g/mol. The zero-order valence-electron chi connectivity index (χ0n) is 4.52. The average molecular weight is 96.2 g/mol. The molecule has 39 valence electrons. The van der Waals surface area contributed by atoms with E-state index in [2.05, 4.69) is 30.9 Å². The van der Waals surface area contributed by atoms with Gasteiger partial charge in [-0.15, -0.1) is 0 Å². The van der Waals surface area contributed by atoms with Crippen LogP contribution in [0.4, 0.5) is 0 Å². The van der Waals surface area contributed by atoms with Gasteiger partial charge in [-0.3, -0.25) is 0 Å². The maximum absolute atomic E-state index is 3.17. The Bertz CT molecular complexity index is 76.2. The lowest BCUT2D eigenvalue weighted by Gasteiger charge is -2.11. The van der Waals surface area contributed by atoms with Crippen LogP contribution in [0.15, 0.2) is 12.2 Å². The van der Waals surface area contributed by atoms with Crippen molar-refractivity contribution in [2.24, 2.45) is 0 Å². The molecular formula is C6H10N. The van der Waals surface area contributed by atoms with Gasteiger partial charge in [0, 0.05) is 12.6 Å². The third-order valence-corrected chi connectivity index (χ3v) is 1.06. The van der Waals surface area contributed by atoms with Crippen molar-refractivity contribution in [2.75, 3.05) is 0 Å². The van der Waals surface area contributed by atoms with E-state index in [1.165, 1.54) is 0 Å². The van der Waals surface area contributed by atoms with Gasteiger partial charge < -0.3 is 5.32 Å². The summed E-state index contributed by atoms with van der Waals surface area (Å²) >= 11 is 0. The molecule has 0 aromatic heterocycles. The third-order valence-electron chi connectivity index (χ3n) is 1.06. The first-order chi connectivity index (χ1) is 3.39. The van der Waals surface area contributed by atoms with Crippen LogP contribution in [0.25, 0.3) is 0 Å². The lowest BCUT2D eigenvalue weighted by molar-refractivity contribution is 0.681. The molecule has 1 N–H and O–H groups in total. The molecule has 1 unspecified atom stereocenters. The predicted octanol–water partition coefficient (Wildman–Crippen LogP) is 1.09. The Hall–Kier alpha value is -0.300. The number of rotatable bonds is 0. The fourth-order valence-corrected chi connectivity index (χ4v) is 0.660. The van der Waals surface area contributed by atoms with Gasteiger partial charge in [0.05, 0.1) is 0 Å². The van der Waals surface area contributed by atoms with Crippen molar-refractivity contribution >= 4 is 0 Å². The molecule has 1 heteroatoms. The number of hydrogen-bond acceptors (Lipinski definition) is 1. The summed E-state index contributed by atoms with van der Waals surface area (Å²) in [6, 6.07) is 0.550. The Morgan fingerprint density at radius 2 is 2.57 bits per heavy atom. The highest BCUT2D eigenvalue weighted by Gasteiger charge is 1.97. The van der Waals surface area contributed by atoms with Crippen molar-refractivity contribution in [1.82, 2.24) is 5.32 Å². The van der Waals surface area contributed by atoms with E-state index in [0.29, 0.717) is 6.04 Å². The maximum Gasteiger partial charge on any atom is 0.0264 e. The van der Waals surface area contributed by atoms with E-state index in [9.17, 15) is 0 Å². The second-order valence-corrected chi connectivity index (χ2v) is 1.82. The van der Waals surface area contributed by atoms with Gasteiger partial charge in [-0.05, 0) is 13.3 Å². The molecule has 1 nitrogen and oxygen atoms in total. The van der Waals surface area contributed by atoms with Gasteiger partial charge in [-0.25, -0.2) is 0 Å². The van der Waals surface area contributed by atoms with E-state index in [0.717, 1.165) is 6.42 Å². The fraction of sp³-hybridized carbons (Fsp3) is 0.500. The molecule has 0 fully saturated rings. The second kappa shape index (κ2) is 2.12. The molecule has 1 radical (unpaired) electrons. The van der Waals surface area contributed by atoms with Crippen molar-refractivity contribution < 1.29 is 0 Å². The molecule has 0 spiro atoms. The van der Waals surface area contributed by atoms with Crippen LogP contribution < -0.4 is 5.32 Å². The molecule has 1 rings (SSSR count). The van der Waals surface area contributed by atoms with E-state index in [-0.39, 0.29) is 0 Å². The van der Waals surface area contributed by atoms with Gasteiger partial charge in [0.25, 0.3) is 0 Å². The highest BCUT2D eigenvalue weighted by molar-refractivity contribution is 4.99. The van der Waals surface area contributed by atoms with Crippen LogP contribution in [0, 0.1) is 6.54 Å². The standard InChI is InChI=1S/C6H10N/c1-6-4-2-3-5-7-6/h2,4-7H,3H2,1H3. The lowest BCUT2D eigenvalue weighted by Crippen LogP contribution is -2.23. The SMILES string of the molecule is CC1C=CC[CH]N1. The first-order valence-corrected chi connectivity index (χ1v) is 2.64. The summed E-state index contributed by atoms with van der Waals surface area (Å²) in [5.41, 5.74) is 0. The van der Waals surface area contributed by atoms with Crippen LogP contribution in [-0.2, 0) is 0 Å². The Morgan fingerprint density at radius 3 is 2.86 bits per heavy atom. The van der Waals surface area contributed by atoms with Crippen molar-refractivity contribution in [3.8, 4) is 0 Å². The number of hydrogen-bond donors (Lipinski definition) is 1. The van der Waals surface area contributed by atoms with E-state index in [4.69, 9.17) is 0 Å². The Morgan fingerprint density at radius 1 is 1.71 bits per heavy atom. The van der Waals surface area contributed by atoms with Gasteiger partial charge in [0.2, 0.25) is 0 Å². The lowest BCUT2D eigenvalue weighted by atomic mass is 10.2. The van der Waals surface area contributed by atoms with Crippen LogP contribution in [0.3, 0.4) is 0 Å². The monoisotopic (exact) mass is 96.1 g/mol. The summed E-state index contributed by atoms with van der Waals surface area (Å²) in [5, 5.41) is 3.17. The van der Waals surface area contributed by atoms with Crippen molar-refractivity contribution in [2.45, 2.75) is 19.4 Å². The van der Waals surface area contributed by atoms with Crippen LogP contribution >= 0.6 is 0 Å². The largest absolute Gasteiger partial charge is 0.306 e. The molecule has 0 aliphatic carbocycles. The molecule has 0 saturated heterocycles. The minimum atomic E-state index is 0.550. The molecule has 1 aliphatic rings. The van der Waals surface area contributed by atoms with E-state index in [1.54, 1.807) is 0 Å². The van der Waals surface area contributed by atoms with E-state index < -0.39 is 0 Å². The van der Waals surface area contributed by atoms with E-state index >= 15 is 0 Å². The highest BCUT2D eigenvalue weighted by atomic mass is 14.9. The summed E-state index contributed by atoms with van der Waals surface area (Å²) in [7, 11) is 0. The molecule has 1 aliphatic heterocycles. The molecule has 0 aromatic carbocycles. The normalized spacial score (nSPS) is 30.7. The smallest absolute Gasteiger partial charge is 0.0264 e. The van der Waals surface area contributed by atoms with Crippen molar-refractivity contribution in [1.29, 1.82) is 0 Å². The maximum atomic E-state index is 3.17. The average Bonchev–Trinajstić information content (AvgIpc) is 1.69. The topological polar surface area (TPSA) is 12.0 Å². The van der Waals surface area contributed by atoms with Crippen LogP contribution in [0.1, 0.15) is 13.3 Å². The molecule has 0 aromatic rings. The predicted molar refractivity (Wildman–Crippen MR) is 30.7 cm³/mol. The molecule has 0 saturated carbocycles. The zero-order chi connectivity index (χ0) is 5.11. The first kappa shape index (κ1) is 4.85. The summed E-state index contributed by atoms with van der Waals surface area (Å²) < 4.78 is 0. The fourth-order valence-electron chi connectivity index (χ4n) is 0.660. The molecule has 1 heterocycles. The van der Waals surface area contributed by atoms with Crippen LogP contribution in [-0.4, -0.2) is 6.04 Å². The van der Waals surface area contributed by atoms with Crippen LogP contribution in [0.2, 0.25) is 0 Å². The minimum Gasteiger partial charge on any atom is -0.306 e. The van der Waals surface area contributed by atoms with Gasteiger partial charge in [-0.1, -0.05) is 12.2 Å².